The molecule has 0 spiro atoms. The van der Waals surface area contributed by atoms with Crippen molar-refractivity contribution in [2.75, 3.05) is 25.1 Å². The van der Waals surface area contributed by atoms with E-state index < -0.39 is 0 Å². The standard InChI is InChI=1S/C14H19NO2S2/c1-10(16)13-6-12(9-19-13)14(17)15-5-3-4-11(7-15)8-18-2/h6,9,11H,3-5,7-8H2,1-2H3/t11-/m0/s1. The van der Waals surface area contributed by atoms with Crippen molar-refractivity contribution in [3.8, 4) is 0 Å². The van der Waals surface area contributed by atoms with Crippen LogP contribution in [0.25, 0.3) is 0 Å². The van der Waals surface area contributed by atoms with Crippen LogP contribution in [0.2, 0.25) is 0 Å². The van der Waals surface area contributed by atoms with Gasteiger partial charge in [0.1, 0.15) is 0 Å². The molecule has 1 aliphatic rings. The maximum atomic E-state index is 12.4. The van der Waals surface area contributed by atoms with Gasteiger partial charge in [-0.25, -0.2) is 0 Å². The molecule has 2 rings (SSSR count). The molecule has 1 fully saturated rings. The Hall–Kier alpha value is -0.810. The monoisotopic (exact) mass is 297 g/mol. The topological polar surface area (TPSA) is 37.4 Å². The molecule has 0 aromatic carbocycles. The number of Topliss-reactive ketones (excluding diaryl/α,β-unsaturated/α-hetero) is 1. The Morgan fingerprint density at radius 3 is 2.95 bits per heavy atom. The Balaban J connectivity index is 2.03. The number of thiophene rings is 1. The van der Waals surface area contributed by atoms with E-state index in [4.69, 9.17) is 0 Å². The van der Waals surface area contributed by atoms with Crippen LogP contribution in [0.4, 0.5) is 0 Å². The summed E-state index contributed by atoms with van der Waals surface area (Å²) in [5, 5.41) is 1.80. The van der Waals surface area contributed by atoms with Gasteiger partial charge in [-0.3, -0.25) is 9.59 Å². The van der Waals surface area contributed by atoms with E-state index in [2.05, 4.69) is 6.26 Å². The lowest BCUT2D eigenvalue weighted by atomic mass is 9.99. The van der Waals surface area contributed by atoms with E-state index in [0.29, 0.717) is 16.4 Å². The van der Waals surface area contributed by atoms with Crippen molar-refractivity contribution in [3.63, 3.8) is 0 Å². The van der Waals surface area contributed by atoms with Gasteiger partial charge in [0.25, 0.3) is 5.91 Å². The zero-order chi connectivity index (χ0) is 13.8. The molecule has 2 heterocycles. The second-order valence-electron chi connectivity index (χ2n) is 4.97. The van der Waals surface area contributed by atoms with Crippen LogP contribution in [0.15, 0.2) is 11.4 Å². The summed E-state index contributed by atoms with van der Waals surface area (Å²) in [6.07, 6.45) is 4.41. The van der Waals surface area contributed by atoms with E-state index in [0.717, 1.165) is 25.3 Å². The summed E-state index contributed by atoms with van der Waals surface area (Å²) >= 11 is 3.21. The molecule has 0 saturated carbocycles. The average Bonchev–Trinajstić information content (AvgIpc) is 2.88. The number of nitrogens with zero attached hydrogens (tertiary/aromatic N) is 1. The first-order valence-corrected chi connectivity index (χ1v) is 8.77. The van der Waals surface area contributed by atoms with E-state index >= 15 is 0 Å². The van der Waals surface area contributed by atoms with Crippen LogP contribution in [0.5, 0.6) is 0 Å². The molecule has 0 unspecified atom stereocenters. The maximum Gasteiger partial charge on any atom is 0.254 e. The quantitative estimate of drug-likeness (QED) is 0.801. The van der Waals surface area contributed by atoms with Crippen LogP contribution in [0.1, 0.15) is 39.8 Å². The fourth-order valence-corrected chi connectivity index (χ4v) is 3.96. The summed E-state index contributed by atoms with van der Waals surface area (Å²) in [5.74, 6) is 1.84. The summed E-state index contributed by atoms with van der Waals surface area (Å²) in [6.45, 7) is 3.23. The second kappa shape index (κ2) is 6.57. The summed E-state index contributed by atoms with van der Waals surface area (Å²) < 4.78 is 0. The molecule has 1 saturated heterocycles. The van der Waals surface area contributed by atoms with E-state index in [1.54, 1.807) is 11.4 Å². The number of likely N-dealkylation sites (tertiary alicyclic amines) is 1. The first-order valence-electron chi connectivity index (χ1n) is 6.49. The van der Waals surface area contributed by atoms with Crippen molar-refractivity contribution in [1.82, 2.24) is 4.90 Å². The Morgan fingerprint density at radius 1 is 1.53 bits per heavy atom. The third kappa shape index (κ3) is 3.60. The summed E-state index contributed by atoms with van der Waals surface area (Å²) in [7, 11) is 0. The van der Waals surface area contributed by atoms with Gasteiger partial charge in [-0.15, -0.1) is 11.3 Å². The molecule has 1 aromatic rings. The number of rotatable bonds is 4. The molecule has 0 radical (unpaired) electrons. The van der Waals surface area contributed by atoms with Gasteiger partial charge < -0.3 is 4.90 Å². The number of carbonyl (C=O) groups excluding carboxylic acids is 2. The Bertz CT molecular complexity index is 468. The smallest absolute Gasteiger partial charge is 0.254 e. The lowest BCUT2D eigenvalue weighted by Crippen LogP contribution is -2.40. The minimum atomic E-state index is 0.0305. The molecule has 3 nitrogen and oxygen atoms in total. The normalized spacial score (nSPS) is 19.5. The number of carbonyl (C=O) groups is 2. The number of hydrogen-bond acceptors (Lipinski definition) is 4. The van der Waals surface area contributed by atoms with Crippen LogP contribution >= 0.6 is 23.1 Å². The Kier molecular flexibility index (Phi) is 5.05. The largest absolute Gasteiger partial charge is 0.338 e. The van der Waals surface area contributed by atoms with Crippen molar-refractivity contribution in [3.05, 3.63) is 21.9 Å². The molecular weight excluding hydrogens is 278 g/mol. The fourth-order valence-electron chi connectivity index (χ4n) is 2.44. The highest BCUT2D eigenvalue weighted by Crippen LogP contribution is 2.23. The average molecular weight is 297 g/mol. The highest BCUT2D eigenvalue weighted by molar-refractivity contribution is 7.98. The SMILES string of the molecule is CSC[C@H]1CCCN(C(=O)c2csc(C(C)=O)c2)C1. The third-order valence-corrected chi connectivity index (χ3v) is 5.24. The van der Waals surface area contributed by atoms with Crippen molar-refractivity contribution in [2.24, 2.45) is 5.92 Å². The van der Waals surface area contributed by atoms with Gasteiger partial charge in [0, 0.05) is 18.5 Å². The molecular formula is C14H19NO2S2. The fraction of sp³-hybridized carbons (Fsp3) is 0.571. The predicted molar refractivity (Wildman–Crippen MR) is 81.3 cm³/mol. The van der Waals surface area contributed by atoms with Gasteiger partial charge in [0.2, 0.25) is 0 Å². The summed E-state index contributed by atoms with van der Waals surface area (Å²) in [6, 6.07) is 1.73. The first-order chi connectivity index (χ1) is 9.11. The van der Waals surface area contributed by atoms with Crippen LogP contribution in [-0.2, 0) is 0 Å². The summed E-state index contributed by atoms with van der Waals surface area (Å²) in [4.78, 5) is 26.3. The van der Waals surface area contributed by atoms with Gasteiger partial charge in [-0.1, -0.05) is 0 Å². The highest BCUT2D eigenvalue weighted by atomic mass is 32.2. The molecule has 104 valence electrons. The zero-order valence-corrected chi connectivity index (χ0v) is 13.0. The number of hydrogen-bond donors (Lipinski definition) is 0. The molecule has 0 N–H and O–H groups in total. The second-order valence-corrected chi connectivity index (χ2v) is 6.79. The number of amides is 1. The first kappa shape index (κ1) is 14.6. The number of ketones is 1. The molecule has 0 bridgehead atoms. The van der Waals surface area contributed by atoms with E-state index in [1.165, 1.54) is 24.7 Å². The highest BCUT2D eigenvalue weighted by Gasteiger charge is 2.25. The van der Waals surface area contributed by atoms with Crippen molar-refractivity contribution < 1.29 is 9.59 Å². The van der Waals surface area contributed by atoms with Gasteiger partial charge >= 0.3 is 0 Å². The minimum absolute atomic E-state index is 0.0305. The minimum Gasteiger partial charge on any atom is -0.338 e. The molecule has 19 heavy (non-hydrogen) atoms. The predicted octanol–water partition coefficient (Wildman–Crippen LogP) is 3.17. The van der Waals surface area contributed by atoms with Crippen LogP contribution in [0.3, 0.4) is 0 Å². The molecule has 0 aliphatic carbocycles. The van der Waals surface area contributed by atoms with Gasteiger partial charge in [-0.05, 0) is 43.8 Å². The molecule has 1 amide bonds. The van der Waals surface area contributed by atoms with Crippen LogP contribution in [0, 0.1) is 5.92 Å². The lowest BCUT2D eigenvalue weighted by molar-refractivity contribution is 0.0686. The zero-order valence-electron chi connectivity index (χ0n) is 11.3. The van der Waals surface area contributed by atoms with Crippen molar-refractivity contribution in [1.29, 1.82) is 0 Å². The Labute approximate surface area is 122 Å². The molecule has 5 heteroatoms. The van der Waals surface area contributed by atoms with E-state index in [-0.39, 0.29) is 11.7 Å². The lowest BCUT2D eigenvalue weighted by Gasteiger charge is -2.32. The molecule has 1 atom stereocenters. The molecule has 1 aromatic heterocycles. The van der Waals surface area contributed by atoms with Gasteiger partial charge in [0.05, 0.1) is 10.4 Å². The maximum absolute atomic E-state index is 12.4. The van der Waals surface area contributed by atoms with Crippen molar-refractivity contribution >= 4 is 34.8 Å². The van der Waals surface area contributed by atoms with Crippen LogP contribution in [-0.4, -0.2) is 41.7 Å². The van der Waals surface area contributed by atoms with E-state index in [1.807, 2.05) is 16.7 Å². The summed E-state index contributed by atoms with van der Waals surface area (Å²) in [5.41, 5.74) is 0.667. The van der Waals surface area contributed by atoms with Crippen LogP contribution < -0.4 is 0 Å². The van der Waals surface area contributed by atoms with Crippen molar-refractivity contribution in [2.45, 2.75) is 19.8 Å². The van der Waals surface area contributed by atoms with Gasteiger partial charge in [-0.2, -0.15) is 11.8 Å². The van der Waals surface area contributed by atoms with E-state index in [9.17, 15) is 9.59 Å². The third-order valence-electron chi connectivity index (χ3n) is 3.40. The van der Waals surface area contributed by atoms with Gasteiger partial charge in [0.15, 0.2) is 5.78 Å². The number of piperidine rings is 1. The molecule has 1 aliphatic heterocycles. The number of thioether (sulfide) groups is 1. The Morgan fingerprint density at radius 2 is 2.32 bits per heavy atom.